The van der Waals surface area contributed by atoms with Crippen molar-refractivity contribution in [3.8, 4) is 0 Å². The molecule has 3 N–H and O–H groups in total. The highest BCUT2D eigenvalue weighted by atomic mass is 32.2. The Morgan fingerprint density at radius 1 is 1.07 bits per heavy atom. The topological polar surface area (TPSA) is 82.6 Å². The van der Waals surface area contributed by atoms with Gasteiger partial charge in [0.05, 0.1) is 5.75 Å². The van der Waals surface area contributed by atoms with Crippen molar-refractivity contribution < 1.29 is 12.8 Å². The second kappa shape index (κ2) is 10.0. The molecule has 0 aliphatic rings. The van der Waals surface area contributed by atoms with Gasteiger partial charge in [0.1, 0.15) is 5.82 Å². The van der Waals surface area contributed by atoms with E-state index in [-0.39, 0.29) is 11.6 Å². The Morgan fingerprint density at radius 3 is 2.52 bits per heavy atom. The van der Waals surface area contributed by atoms with Crippen LogP contribution in [0.3, 0.4) is 0 Å². The maximum absolute atomic E-state index is 13.6. The molecule has 0 spiro atoms. The van der Waals surface area contributed by atoms with E-state index in [2.05, 4.69) is 20.3 Å². The largest absolute Gasteiger partial charge is 0.356 e. The predicted molar refractivity (Wildman–Crippen MR) is 106 cm³/mol. The lowest BCUT2D eigenvalue weighted by molar-refractivity contribution is 0.587. The highest BCUT2D eigenvalue weighted by Gasteiger charge is 2.09. The minimum Gasteiger partial charge on any atom is -0.356 e. The second-order valence-electron chi connectivity index (χ2n) is 5.98. The number of nitrogens with one attached hydrogen (secondary N) is 3. The van der Waals surface area contributed by atoms with Gasteiger partial charge in [0, 0.05) is 20.1 Å². The molecule has 0 heterocycles. The first-order valence-corrected chi connectivity index (χ1v) is 10.3. The van der Waals surface area contributed by atoms with Crippen LogP contribution in [0.5, 0.6) is 0 Å². The van der Waals surface area contributed by atoms with Crippen LogP contribution in [0.1, 0.15) is 16.7 Å². The molecule has 0 amide bonds. The standard InChI is InChI=1S/C19H25FN4O2S/c1-21-19(23-11-10-17-8-3-4-9-18(17)20)24-13-15-6-5-7-16(12-15)14-27(25,26)22-2/h3-9,12,22H,10-11,13-14H2,1-2H3,(H2,21,23,24). The lowest BCUT2D eigenvalue weighted by Gasteiger charge is -2.13. The SMILES string of the molecule is CN=C(NCCc1ccccc1F)NCc1cccc(CS(=O)(=O)NC)c1. The van der Waals surface area contributed by atoms with Crippen molar-refractivity contribution >= 4 is 16.0 Å². The molecule has 6 nitrogen and oxygen atoms in total. The zero-order chi connectivity index (χ0) is 19.7. The van der Waals surface area contributed by atoms with Gasteiger partial charge in [-0.05, 0) is 36.2 Å². The van der Waals surface area contributed by atoms with Crippen molar-refractivity contribution in [1.29, 1.82) is 0 Å². The van der Waals surface area contributed by atoms with E-state index >= 15 is 0 Å². The van der Waals surface area contributed by atoms with Gasteiger partial charge < -0.3 is 10.6 Å². The Bertz CT molecular complexity index is 885. The molecule has 0 bridgehead atoms. The molecule has 0 fully saturated rings. The van der Waals surface area contributed by atoms with Gasteiger partial charge in [-0.2, -0.15) is 0 Å². The molecule has 2 aromatic rings. The molecule has 0 atom stereocenters. The highest BCUT2D eigenvalue weighted by molar-refractivity contribution is 7.88. The summed E-state index contributed by atoms with van der Waals surface area (Å²) in [4.78, 5) is 4.15. The van der Waals surface area contributed by atoms with Crippen LogP contribution in [0.4, 0.5) is 4.39 Å². The van der Waals surface area contributed by atoms with E-state index in [1.165, 1.54) is 13.1 Å². The lowest BCUT2D eigenvalue weighted by Crippen LogP contribution is -2.37. The van der Waals surface area contributed by atoms with Crippen LogP contribution in [0.25, 0.3) is 0 Å². The normalized spacial score (nSPS) is 12.0. The van der Waals surface area contributed by atoms with E-state index in [1.54, 1.807) is 25.2 Å². The molecule has 2 rings (SSSR count). The number of nitrogens with zero attached hydrogens (tertiary/aromatic N) is 1. The first-order valence-electron chi connectivity index (χ1n) is 8.60. The maximum Gasteiger partial charge on any atom is 0.215 e. The Kier molecular flexibility index (Phi) is 7.75. The first-order chi connectivity index (χ1) is 12.9. The second-order valence-corrected chi connectivity index (χ2v) is 7.90. The number of guanidine groups is 1. The Hall–Kier alpha value is -2.45. The fourth-order valence-electron chi connectivity index (χ4n) is 2.54. The van der Waals surface area contributed by atoms with Gasteiger partial charge in [0.25, 0.3) is 0 Å². The molecule has 27 heavy (non-hydrogen) atoms. The summed E-state index contributed by atoms with van der Waals surface area (Å²) in [5, 5.41) is 6.31. The third kappa shape index (κ3) is 6.99. The molecule has 0 radical (unpaired) electrons. The fourth-order valence-corrected chi connectivity index (χ4v) is 3.31. The molecule has 0 aromatic heterocycles. The van der Waals surface area contributed by atoms with Gasteiger partial charge >= 0.3 is 0 Å². The van der Waals surface area contributed by atoms with Gasteiger partial charge in [-0.15, -0.1) is 0 Å². The maximum atomic E-state index is 13.6. The van der Waals surface area contributed by atoms with Crippen LogP contribution in [0.15, 0.2) is 53.5 Å². The number of sulfonamides is 1. The minimum absolute atomic E-state index is 0.0625. The molecule has 2 aromatic carbocycles. The number of benzene rings is 2. The third-order valence-electron chi connectivity index (χ3n) is 3.99. The average molecular weight is 393 g/mol. The van der Waals surface area contributed by atoms with Crippen LogP contribution in [-0.2, 0) is 28.7 Å². The smallest absolute Gasteiger partial charge is 0.215 e. The molecule has 0 aliphatic carbocycles. The highest BCUT2D eigenvalue weighted by Crippen LogP contribution is 2.09. The number of rotatable bonds is 8. The number of hydrogen-bond donors (Lipinski definition) is 3. The summed E-state index contributed by atoms with van der Waals surface area (Å²) >= 11 is 0. The molecular formula is C19H25FN4O2S. The van der Waals surface area contributed by atoms with E-state index in [0.717, 1.165) is 5.56 Å². The van der Waals surface area contributed by atoms with Crippen molar-refractivity contribution in [1.82, 2.24) is 15.4 Å². The van der Waals surface area contributed by atoms with Crippen LogP contribution >= 0.6 is 0 Å². The Balaban J connectivity index is 1.86. The summed E-state index contributed by atoms with van der Waals surface area (Å²) in [5.74, 6) is 0.322. The van der Waals surface area contributed by atoms with Gasteiger partial charge in [-0.3, -0.25) is 4.99 Å². The van der Waals surface area contributed by atoms with Gasteiger partial charge in [-0.1, -0.05) is 42.5 Å². The number of aliphatic imine (C=N–C) groups is 1. The van der Waals surface area contributed by atoms with Crippen LogP contribution in [0, 0.1) is 5.82 Å². The van der Waals surface area contributed by atoms with Crippen LogP contribution < -0.4 is 15.4 Å². The van der Waals surface area contributed by atoms with Gasteiger partial charge in [-0.25, -0.2) is 17.5 Å². The monoisotopic (exact) mass is 392 g/mol. The first kappa shape index (κ1) is 20.9. The van der Waals surface area contributed by atoms with E-state index < -0.39 is 10.0 Å². The fraction of sp³-hybridized carbons (Fsp3) is 0.316. The quantitative estimate of drug-likeness (QED) is 0.472. The molecule has 0 unspecified atom stereocenters. The zero-order valence-electron chi connectivity index (χ0n) is 15.5. The summed E-state index contributed by atoms with van der Waals surface area (Å²) in [6, 6.07) is 14.0. The average Bonchev–Trinajstić information content (AvgIpc) is 2.66. The van der Waals surface area contributed by atoms with Gasteiger partial charge in [0.15, 0.2) is 5.96 Å². The van der Waals surface area contributed by atoms with Crippen molar-refractivity contribution in [3.05, 3.63) is 71.0 Å². The summed E-state index contributed by atoms with van der Waals surface area (Å²) in [5.41, 5.74) is 2.31. The van der Waals surface area contributed by atoms with Crippen LogP contribution in [-0.4, -0.2) is 35.0 Å². The molecule has 0 aliphatic heterocycles. The molecular weight excluding hydrogens is 367 g/mol. The molecule has 146 valence electrons. The third-order valence-corrected chi connectivity index (χ3v) is 5.32. The predicted octanol–water partition coefficient (Wildman–Crippen LogP) is 1.78. The summed E-state index contributed by atoms with van der Waals surface area (Å²) in [6.45, 7) is 1.04. The van der Waals surface area contributed by atoms with E-state index in [9.17, 15) is 12.8 Å². The summed E-state index contributed by atoms with van der Waals surface area (Å²) < 4.78 is 39.3. The minimum atomic E-state index is -3.30. The zero-order valence-corrected chi connectivity index (χ0v) is 16.3. The van der Waals surface area contributed by atoms with E-state index in [1.807, 2.05) is 24.3 Å². The summed E-state index contributed by atoms with van der Waals surface area (Å²) in [6.07, 6.45) is 0.546. The van der Waals surface area contributed by atoms with Gasteiger partial charge in [0.2, 0.25) is 10.0 Å². The molecule has 8 heteroatoms. The Labute approximate surface area is 160 Å². The Morgan fingerprint density at radius 2 is 1.81 bits per heavy atom. The van der Waals surface area contributed by atoms with E-state index in [4.69, 9.17) is 0 Å². The van der Waals surface area contributed by atoms with Crippen molar-refractivity contribution in [3.63, 3.8) is 0 Å². The van der Waals surface area contributed by atoms with Crippen molar-refractivity contribution in [2.45, 2.75) is 18.7 Å². The summed E-state index contributed by atoms with van der Waals surface area (Å²) in [7, 11) is -0.243. The van der Waals surface area contributed by atoms with Crippen molar-refractivity contribution in [2.75, 3.05) is 20.6 Å². The number of hydrogen-bond acceptors (Lipinski definition) is 3. The molecule has 0 saturated carbocycles. The lowest BCUT2D eigenvalue weighted by atomic mass is 10.1. The van der Waals surface area contributed by atoms with Crippen molar-refractivity contribution in [2.24, 2.45) is 4.99 Å². The molecule has 0 saturated heterocycles. The van der Waals surface area contributed by atoms with E-state index in [0.29, 0.717) is 36.6 Å². The number of halogens is 1. The van der Waals surface area contributed by atoms with Crippen LogP contribution in [0.2, 0.25) is 0 Å².